The van der Waals surface area contributed by atoms with E-state index in [2.05, 4.69) is 5.32 Å². The number of halogens is 2. The lowest BCUT2D eigenvalue weighted by Crippen LogP contribution is -2.25. The average molecular weight is 321 g/mol. The molecule has 1 aromatic rings. The van der Waals surface area contributed by atoms with Crippen molar-refractivity contribution in [3.8, 4) is 0 Å². The Labute approximate surface area is 126 Å². The highest BCUT2D eigenvalue weighted by Gasteiger charge is 2.19. The van der Waals surface area contributed by atoms with Gasteiger partial charge >= 0.3 is 0 Å². The van der Waals surface area contributed by atoms with Gasteiger partial charge in [-0.25, -0.2) is 0 Å². The number of rotatable bonds is 7. The smallest absolute Gasteiger partial charge is 0.271 e. The number of benzene rings is 1. The first-order valence-electron chi connectivity index (χ1n) is 5.96. The maximum atomic E-state index is 11.9. The topological polar surface area (TPSA) is 81.5 Å². The SMILES string of the molecule is CCOCCCNC(=O)c1cc([N+](=O)[O-])cc(Cl)c1Cl. The summed E-state index contributed by atoms with van der Waals surface area (Å²) in [6.45, 7) is 3.40. The van der Waals surface area contributed by atoms with Gasteiger partial charge in [-0.3, -0.25) is 14.9 Å². The fraction of sp³-hybridized carbons (Fsp3) is 0.417. The van der Waals surface area contributed by atoms with Crippen molar-refractivity contribution in [1.82, 2.24) is 5.32 Å². The number of carbonyl (C=O) groups excluding carboxylic acids is 1. The fourth-order valence-corrected chi connectivity index (χ4v) is 1.87. The first-order chi connectivity index (χ1) is 9.47. The van der Waals surface area contributed by atoms with Gasteiger partial charge in [0.15, 0.2) is 0 Å². The van der Waals surface area contributed by atoms with Crippen molar-refractivity contribution in [3.05, 3.63) is 37.9 Å². The minimum Gasteiger partial charge on any atom is -0.382 e. The lowest BCUT2D eigenvalue weighted by Gasteiger charge is -2.08. The Kier molecular flexibility index (Phi) is 6.70. The van der Waals surface area contributed by atoms with E-state index in [1.54, 1.807) is 0 Å². The van der Waals surface area contributed by atoms with Crippen molar-refractivity contribution >= 4 is 34.8 Å². The molecule has 0 atom stereocenters. The number of carbonyl (C=O) groups is 1. The standard InChI is InChI=1S/C12H14Cl2N2O4/c1-2-20-5-3-4-15-12(17)9-6-8(16(18)19)7-10(13)11(9)14/h6-7H,2-5H2,1H3,(H,15,17). The predicted molar refractivity (Wildman–Crippen MR) is 76.6 cm³/mol. The number of hydrogen-bond donors (Lipinski definition) is 1. The Morgan fingerprint density at radius 1 is 1.45 bits per heavy atom. The summed E-state index contributed by atoms with van der Waals surface area (Å²) in [5.41, 5.74) is -0.291. The molecule has 0 radical (unpaired) electrons. The van der Waals surface area contributed by atoms with Crippen molar-refractivity contribution in [2.75, 3.05) is 19.8 Å². The molecule has 0 aromatic heterocycles. The largest absolute Gasteiger partial charge is 0.382 e. The second-order valence-corrected chi connectivity index (χ2v) is 4.64. The Morgan fingerprint density at radius 2 is 2.15 bits per heavy atom. The molecule has 0 aliphatic heterocycles. The van der Waals surface area contributed by atoms with Gasteiger partial charge in [0, 0.05) is 31.9 Å². The van der Waals surface area contributed by atoms with Gasteiger partial charge in [0.2, 0.25) is 0 Å². The molecule has 8 heteroatoms. The van der Waals surface area contributed by atoms with Crippen LogP contribution in [0.1, 0.15) is 23.7 Å². The summed E-state index contributed by atoms with van der Waals surface area (Å²) < 4.78 is 5.13. The number of amides is 1. The van der Waals surface area contributed by atoms with E-state index < -0.39 is 10.8 Å². The third kappa shape index (κ3) is 4.63. The number of nitrogens with zero attached hydrogens (tertiary/aromatic N) is 1. The van der Waals surface area contributed by atoms with Gasteiger partial charge in [0.25, 0.3) is 11.6 Å². The molecule has 0 unspecified atom stereocenters. The number of nitro groups is 1. The van der Waals surface area contributed by atoms with Crippen LogP contribution < -0.4 is 5.32 Å². The fourth-order valence-electron chi connectivity index (χ4n) is 1.46. The van der Waals surface area contributed by atoms with E-state index in [0.717, 1.165) is 12.1 Å². The highest BCUT2D eigenvalue weighted by molar-refractivity contribution is 6.44. The zero-order valence-electron chi connectivity index (χ0n) is 10.8. The third-order valence-corrected chi connectivity index (χ3v) is 3.23. The Bertz CT molecular complexity index is 508. The first-order valence-corrected chi connectivity index (χ1v) is 6.72. The van der Waals surface area contributed by atoms with E-state index in [0.29, 0.717) is 26.2 Å². The highest BCUT2D eigenvalue weighted by atomic mass is 35.5. The van der Waals surface area contributed by atoms with Crippen molar-refractivity contribution in [1.29, 1.82) is 0 Å². The Morgan fingerprint density at radius 3 is 2.75 bits per heavy atom. The molecule has 6 nitrogen and oxygen atoms in total. The second-order valence-electron chi connectivity index (χ2n) is 3.85. The molecule has 0 heterocycles. The van der Waals surface area contributed by atoms with Crippen LogP contribution in [0.25, 0.3) is 0 Å². The molecule has 0 saturated heterocycles. The summed E-state index contributed by atoms with van der Waals surface area (Å²) in [6, 6.07) is 2.21. The van der Waals surface area contributed by atoms with Gasteiger partial charge in [0.05, 0.1) is 20.5 Å². The van der Waals surface area contributed by atoms with Crippen molar-refractivity contribution < 1.29 is 14.5 Å². The molecule has 1 amide bonds. The number of nitro benzene ring substituents is 1. The highest BCUT2D eigenvalue weighted by Crippen LogP contribution is 2.30. The van der Waals surface area contributed by atoms with E-state index in [4.69, 9.17) is 27.9 Å². The minimum atomic E-state index is -0.631. The maximum absolute atomic E-state index is 11.9. The molecule has 20 heavy (non-hydrogen) atoms. The minimum absolute atomic E-state index is 0.000394. The first kappa shape index (κ1) is 16.7. The molecule has 1 N–H and O–H groups in total. The van der Waals surface area contributed by atoms with E-state index >= 15 is 0 Å². The van der Waals surface area contributed by atoms with Crippen molar-refractivity contribution in [2.24, 2.45) is 0 Å². The zero-order chi connectivity index (χ0) is 15.1. The van der Waals surface area contributed by atoms with Crippen molar-refractivity contribution in [3.63, 3.8) is 0 Å². The van der Waals surface area contributed by atoms with Gasteiger partial charge in [-0.2, -0.15) is 0 Å². The third-order valence-electron chi connectivity index (χ3n) is 2.42. The lowest BCUT2D eigenvalue weighted by atomic mass is 10.2. The van der Waals surface area contributed by atoms with Crippen LogP contribution in [0, 0.1) is 10.1 Å². The molecular weight excluding hydrogens is 307 g/mol. The monoisotopic (exact) mass is 320 g/mol. The van der Waals surface area contributed by atoms with Crippen LogP contribution in [-0.4, -0.2) is 30.6 Å². The molecule has 110 valence electrons. The van der Waals surface area contributed by atoms with Crippen LogP contribution in [0.5, 0.6) is 0 Å². The number of ether oxygens (including phenoxy) is 1. The molecular formula is C12H14Cl2N2O4. The summed E-state index contributed by atoms with van der Waals surface area (Å²) in [5, 5.41) is 13.3. The molecule has 0 saturated carbocycles. The molecule has 0 spiro atoms. The number of non-ortho nitro benzene ring substituents is 1. The predicted octanol–water partition coefficient (Wildman–Crippen LogP) is 3.06. The summed E-state index contributed by atoms with van der Waals surface area (Å²) in [5.74, 6) is -0.503. The molecule has 0 bridgehead atoms. The Hall–Kier alpha value is -1.37. The van der Waals surface area contributed by atoms with Gasteiger partial charge < -0.3 is 10.1 Å². The van der Waals surface area contributed by atoms with Gasteiger partial charge in [0.1, 0.15) is 0 Å². The van der Waals surface area contributed by atoms with E-state index in [1.165, 1.54) is 0 Å². The number of hydrogen-bond acceptors (Lipinski definition) is 4. The van der Waals surface area contributed by atoms with Crippen molar-refractivity contribution in [2.45, 2.75) is 13.3 Å². The van der Waals surface area contributed by atoms with Crippen LogP contribution in [0.2, 0.25) is 10.0 Å². The molecule has 1 aromatic carbocycles. The van der Waals surface area contributed by atoms with Crippen LogP contribution in [-0.2, 0) is 4.74 Å². The molecule has 1 rings (SSSR count). The quantitative estimate of drug-likeness (QED) is 0.475. The van der Waals surface area contributed by atoms with Crippen LogP contribution >= 0.6 is 23.2 Å². The summed E-state index contributed by atoms with van der Waals surface area (Å²) >= 11 is 11.7. The summed E-state index contributed by atoms with van der Waals surface area (Å²) in [7, 11) is 0. The van der Waals surface area contributed by atoms with E-state index in [1.807, 2.05) is 6.92 Å². The average Bonchev–Trinajstić information content (AvgIpc) is 2.41. The Balaban J connectivity index is 2.74. The zero-order valence-corrected chi connectivity index (χ0v) is 12.3. The maximum Gasteiger partial charge on any atom is 0.271 e. The summed E-state index contributed by atoms with van der Waals surface area (Å²) in [6.07, 6.45) is 0.639. The van der Waals surface area contributed by atoms with Gasteiger partial charge in [-0.05, 0) is 13.3 Å². The van der Waals surface area contributed by atoms with Gasteiger partial charge in [-0.15, -0.1) is 0 Å². The second kappa shape index (κ2) is 8.04. The lowest BCUT2D eigenvalue weighted by molar-refractivity contribution is -0.384. The molecule has 0 fully saturated rings. The number of nitrogens with one attached hydrogen (secondary N) is 1. The summed E-state index contributed by atoms with van der Waals surface area (Å²) in [4.78, 5) is 22.0. The van der Waals surface area contributed by atoms with E-state index in [-0.39, 0.29) is 21.3 Å². The van der Waals surface area contributed by atoms with Gasteiger partial charge in [-0.1, -0.05) is 23.2 Å². The van der Waals surface area contributed by atoms with Crippen LogP contribution in [0.15, 0.2) is 12.1 Å². The molecule has 0 aliphatic carbocycles. The normalized spacial score (nSPS) is 10.3. The van der Waals surface area contributed by atoms with Crippen LogP contribution in [0.4, 0.5) is 5.69 Å². The van der Waals surface area contributed by atoms with Crippen LogP contribution in [0.3, 0.4) is 0 Å². The van der Waals surface area contributed by atoms with E-state index in [9.17, 15) is 14.9 Å². The molecule has 0 aliphatic rings.